The average molecular weight is 378 g/mol. The highest BCUT2D eigenvalue weighted by atomic mass is 19.3. The summed E-state index contributed by atoms with van der Waals surface area (Å²) in [6.07, 6.45) is 2.73. The smallest absolute Gasteiger partial charge is 0.387 e. The lowest BCUT2D eigenvalue weighted by Crippen LogP contribution is -2.33. The third-order valence-electron chi connectivity index (χ3n) is 3.39. The van der Waals surface area contributed by atoms with Crippen LogP contribution in [0.4, 0.5) is 18.9 Å². The summed E-state index contributed by atoms with van der Waals surface area (Å²) in [7, 11) is 1.44. The number of hydrogen-bond acceptors (Lipinski definition) is 3. The van der Waals surface area contributed by atoms with Crippen molar-refractivity contribution in [2.45, 2.75) is 6.61 Å². The molecule has 2 amide bonds. The van der Waals surface area contributed by atoms with Crippen molar-refractivity contribution in [3.63, 3.8) is 0 Å². The minimum absolute atomic E-state index is 0.0135. The van der Waals surface area contributed by atoms with Gasteiger partial charge in [0.05, 0.1) is 6.54 Å². The Balaban J connectivity index is 1.87. The van der Waals surface area contributed by atoms with Crippen LogP contribution in [0.15, 0.2) is 54.6 Å². The van der Waals surface area contributed by atoms with Crippen molar-refractivity contribution >= 4 is 23.6 Å². The lowest BCUT2D eigenvalue weighted by molar-refractivity contribution is -0.129. The predicted octanol–water partition coefficient (Wildman–Crippen LogP) is 3.54. The van der Waals surface area contributed by atoms with Crippen LogP contribution < -0.4 is 10.1 Å². The van der Waals surface area contributed by atoms with E-state index in [0.29, 0.717) is 11.3 Å². The topological polar surface area (TPSA) is 58.6 Å². The van der Waals surface area contributed by atoms with Gasteiger partial charge in [-0.15, -0.1) is 0 Å². The third-order valence-corrected chi connectivity index (χ3v) is 3.39. The van der Waals surface area contributed by atoms with Gasteiger partial charge in [-0.2, -0.15) is 8.78 Å². The Morgan fingerprint density at radius 3 is 2.52 bits per heavy atom. The van der Waals surface area contributed by atoms with E-state index >= 15 is 0 Å². The van der Waals surface area contributed by atoms with Crippen LogP contribution in [0.5, 0.6) is 5.75 Å². The number of rotatable bonds is 7. The first-order valence-electron chi connectivity index (χ1n) is 7.87. The molecule has 0 fully saturated rings. The molecule has 0 saturated carbocycles. The number of halogens is 3. The van der Waals surface area contributed by atoms with Crippen molar-refractivity contribution < 1.29 is 27.5 Å². The zero-order valence-corrected chi connectivity index (χ0v) is 14.4. The van der Waals surface area contributed by atoms with Gasteiger partial charge in [0.25, 0.3) is 0 Å². The van der Waals surface area contributed by atoms with Crippen molar-refractivity contribution in [3.8, 4) is 5.75 Å². The van der Waals surface area contributed by atoms with Crippen LogP contribution in [-0.4, -0.2) is 36.9 Å². The van der Waals surface area contributed by atoms with Crippen LogP contribution in [0.1, 0.15) is 5.56 Å². The summed E-state index contributed by atoms with van der Waals surface area (Å²) in [5.74, 6) is -1.37. The highest BCUT2D eigenvalue weighted by Crippen LogP contribution is 2.15. The Bertz CT molecular complexity index is 823. The maximum atomic E-state index is 13.1. The molecule has 0 aromatic heterocycles. The molecule has 0 unspecified atom stereocenters. The predicted molar refractivity (Wildman–Crippen MR) is 94.8 cm³/mol. The third kappa shape index (κ3) is 6.85. The summed E-state index contributed by atoms with van der Waals surface area (Å²) < 4.78 is 41.5. The van der Waals surface area contributed by atoms with Gasteiger partial charge in [0, 0.05) is 18.8 Å². The van der Waals surface area contributed by atoms with E-state index in [4.69, 9.17) is 0 Å². The lowest BCUT2D eigenvalue weighted by Gasteiger charge is -2.14. The number of carbonyl (C=O) groups excluding carboxylic acids is 2. The standard InChI is InChI=1S/C19H17F3N2O3/c1-24(12-17(25)23-15-4-2-3-14(20)11-15)18(26)10-7-13-5-8-16(9-6-13)27-19(21)22/h2-11,19H,12H2,1H3,(H,23,25)/b10-7+. The molecular formula is C19H17F3N2O3. The van der Waals surface area contributed by atoms with Crippen LogP contribution in [0, 0.1) is 5.82 Å². The van der Waals surface area contributed by atoms with Gasteiger partial charge in [0.1, 0.15) is 11.6 Å². The van der Waals surface area contributed by atoms with E-state index in [1.807, 2.05) is 0 Å². The summed E-state index contributed by atoms with van der Waals surface area (Å²) >= 11 is 0. The van der Waals surface area contributed by atoms with Crippen LogP contribution in [0.3, 0.4) is 0 Å². The number of alkyl halides is 2. The minimum atomic E-state index is -2.90. The summed E-state index contributed by atoms with van der Waals surface area (Å²) in [4.78, 5) is 25.1. The molecule has 2 rings (SSSR count). The van der Waals surface area contributed by atoms with E-state index in [2.05, 4.69) is 10.1 Å². The van der Waals surface area contributed by atoms with Crippen molar-refractivity contribution in [2.24, 2.45) is 0 Å². The molecule has 0 atom stereocenters. The summed E-state index contributed by atoms with van der Waals surface area (Å²) in [5, 5.41) is 2.49. The molecule has 5 nitrogen and oxygen atoms in total. The maximum absolute atomic E-state index is 13.1. The van der Waals surface area contributed by atoms with Crippen molar-refractivity contribution in [3.05, 3.63) is 66.0 Å². The molecule has 0 aliphatic heterocycles. The van der Waals surface area contributed by atoms with E-state index in [0.717, 1.165) is 0 Å². The number of ether oxygens (including phenoxy) is 1. The lowest BCUT2D eigenvalue weighted by atomic mass is 10.2. The molecule has 0 aliphatic rings. The molecule has 27 heavy (non-hydrogen) atoms. The zero-order valence-electron chi connectivity index (χ0n) is 14.4. The van der Waals surface area contributed by atoms with Gasteiger partial charge in [0.2, 0.25) is 11.8 Å². The SMILES string of the molecule is CN(CC(=O)Nc1cccc(F)c1)C(=O)/C=C/c1ccc(OC(F)F)cc1. The molecule has 2 aromatic rings. The normalized spacial score (nSPS) is 10.9. The number of nitrogens with one attached hydrogen (secondary N) is 1. The van der Waals surface area contributed by atoms with Gasteiger partial charge in [-0.25, -0.2) is 4.39 Å². The summed E-state index contributed by atoms with van der Waals surface area (Å²) in [6, 6.07) is 11.1. The summed E-state index contributed by atoms with van der Waals surface area (Å²) in [6.45, 7) is -3.12. The fourth-order valence-electron chi connectivity index (χ4n) is 2.12. The Kier molecular flexibility index (Phi) is 6.99. The molecule has 0 radical (unpaired) electrons. The number of nitrogens with zero attached hydrogens (tertiary/aromatic N) is 1. The number of hydrogen-bond donors (Lipinski definition) is 1. The second kappa shape index (κ2) is 9.42. The molecule has 142 valence electrons. The fraction of sp³-hybridized carbons (Fsp3) is 0.158. The molecule has 0 aliphatic carbocycles. The number of benzene rings is 2. The molecule has 8 heteroatoms. The highest BCUT2D eigenvalue weighted by molar-refractivity contribution is 5.97. The quantitative estimate of drug-likeness (QED) is 0.750. The first-order valence-corrected chi connectivity index (χ1v) is 7.87. The van der Waals surface area contributed by atoms with Crippen LogP contribution >= 0.6 is 0 Å². The average Bonchev–Trinajstić information content (AvgIpc) is 2.60. The van der Waals surface area contributed by atoms with E-state index in [1.54, 1.807) is 0 Å². The number of likely N-dealkylation sites (N-methyl/N-ethyl adjacent to an activating group) is 1. The van der Waals surface area contributed by atoms with Gasteiger partial charge in [-0.05, 0) is 42.0 Å². The van der Waals surface area contributed by atoms with Gasteiger partial charge in [-0.3, -0.25) is 9.59 Å². The van der Waals surface area contributed by atoms with Crippen LogP contribution in [0.2, 0.25) is 0 Å². The Morgan fingerprint density at radius 1 is 1.19 bits per heavy atom. The largest absolute Gasteiger partial charge is 0.435 e. The summed E-state index contributed by atoms with van der Waals surface area (Å²) in [5.41, 5.74) is 0.894. The maximum Gasteiger partial charge on any atom is 0.387 e. The second-order valence-electron chi connectivity index (χ2n) is 5.53. The van der Waals surface area contributed by atoms with E-state index in [-0.39, 0.29) is 12.3 Å². The van der Waals surface area contributed by atoms with Crippen molar-refractivity contribution in [2.75, 3.05) is 18.9 Å². The first-order chi connectivity index (χ1) is 12.8. The number of amides is 2. The highest BCUT2D eigenvalue weighted by Gasteiger charge is 2.11. The van der Waals surface area contributed by atoms with Crippen LogP contribution in [-0.2, 0) is 9.59 Å². The number of anilines is 1. The van der Waals surface area contributed by atoms with Gasteiger partial charge in [-0.1, -0.05) is 18.2 Å². The van der Waals surface area contributed by atoms with Gasteiger partial charge < -0.3 is 15.0 Å². The minimum Gasteiger partial charge on any atom is -0.435 e. The van der Waals surface area contributed by atoms with E-state index in [9.17, 15) is 22.8 Å². The van der Waals surface area contributed by atoms with Gasteiger partial charge >= 0.3 is 6.61 Å². The van der Waals surface area contributed by atoms with E-state index in [1.165, 1.54) is 72.6 Å². The van der Waals surface area contributed by atoms with Crippen molar-refractivity contribution in [1.82, 2.24) is 4.90 Å². The molecular weight excluding hydrogens is 361 g/mol. The molecule has 0 heterocycles. The van der Waals surface area contributed by atoms with Gasteiger partial charge in [0.15, 0.2) is 0 Å². The zero-order chi connectivity index (χ0) is 19.8. The molecule has 2 aromatic carbocycles. The molecule has 0 spiro atoms. The Labute approximate surface area is 154 Å². The second-order valence-corrected chi connectivity index (χ2v) is 5.53. The van der Waals surface area contributed by atoms with Crippen LogP contribution in [0.25, 0.3) is 6.08 Å². The Hall–Kier alpha value is -3.29. The van der Waals surface area contributed by atoms with E-state index < -0.39 is 24.2 Å². The Morgan fingerprint density at radius 2 is 1.89 bits per heavy atom. The number of carbonyl (C=O) groups is 2. The molecule has 0 saturated heterocycles. The monoisotopic (exact) mass is 378 g/mol. The van der Waals surface area contributed by atoms with Crippen molar-refractivity contribution in [1.29, 1.82) is 0 Å². The molecule has 1 N–H and O–H groups in total. The fourth-order valence-corrected chi connectivity index (χ4v) is 2.12. The first kappa shape index (κ1) is 20.0. The molecule has 0 bridgehead atoms.